The van der Waals surface area contributed by atoms with E-state index in [1.54, 1.807) is 0 Å². The van der Waals surface area contributed by atoms with E-state index >= 15 is 0 Å². The number of nitrogens with zero attached hydrogens (tertiary/aromatic N) is 1. The van der Waals surface area contributed by atoms with Gasteiger partial charge >= 0.3 is 0 Å². The van der Waals surface area contributed by atoms with Gasteiger partial charge in [0.05, 0.1) is 6.10 Å². The van der Waals surface area contributed by atoms with E-state index in [9.17, 15) is 5.11 Å². The number of hydrogen-bond donors (Lipinski definition) is 1. The summed E-state index contributed by atoms with van der Waals surface area (Å²) in [5.41, 5.74) is 4.09. The molecule has 94 valence electrons. The van der Waals surface area contributed by atoms with Gasteiger partial charge in [0.15, 0.2) is 0 Å². The van der Waals surface area contributed by atoms with Crippen LogP contribution in [0.3, 0.4) is 0 Å². The van der Waals surface area contributed by atoms with Gasteiger partial charge in [-0.15, -0.1) is 0 Å². The molecular weight excluding hydrogens is 210 g/mol. The van der Waals surface area contributed by atoms with Crippen LogP contribution in [0.4, 0.5) is 5.69 Å². The number of anilines is 1. The Balaban J connectivity index is 2.18. The molecule has 1 aliphatic heterocycles. The lowest BCUT2D eigenvalue weighted by Crippen LogP contribution is -2.25. The van der Waals surface area contributed by atoms with Crippen molar-refractivity contribution in [3.05, 3.63) is 29.3 Å². The van der Waals surface area contributed by atoms with Crippen LogP contribution in [0.15, 0.2) is 18.2 Å². The third-order valence-electron chi connectivity index (χ3n) is 3.26. The number of hydrogen-bond acceptors (Lipinski definition) is 2. The molecule has 0 bridgehead atoms. The highest BCUT2D eigenvalue weighted by molar-refractivity contribution is 5.59. The first kappa shape index (κ1) is 12.4. The van der Waals surface area contributed by atoms with Crippen molar-refractivity contribution >= 4 is 5.69 Å². The maximum Gasteiger partial charge on any atom is 0.0552 e. The summed E-state index contributed by atoms with van der Waals surface area (Å²) in [7, 11) is 0. The van der Waals surface area contributed by atoms with Crippen molar-refractivity contribution in [1.82, 2.24) is 0 Å². The molecule has 0 saturated heterocycles. The minimum absolute atomic E-state index is 0.256. The predicted octanol–water partition coefficient (Wildman–Crippen LogP) is 2.63. The Kier molecular flexibility index (Phi) is 3.72. The van der Waals surface area contributed by atoms with Crippen LogP contribution in [0.25, 0.3) is 0 Å². The molecular formula is C15H23NO. The zero-order valence-electron chi connectivity index (χ0n) is 11.1. The van der Waals surface area contributed by atoms with Gasteiger partial charge in [0.1, 0.15) is 0 Å². The number of aliphatic hydroxyl groups excluding tert-OH is 1. The molecule has 1 aliphatic rings. The summed E-state index contributed by atoms with van der Waals surface area (Å²) in [5.74, 6) is 0.696. The summed E-state index contributed by atoms with van der Waals surface area (Å²) in [6.07, 6.45) is 1.66. The molecule has 0 radical (unpaired) electrons. The highest BCUT2D eigenvalue weighted by atomic mass is 16.3. The van der Waals surface area contributed by atoms with E-state index in [1.807, 2.05) is 6.92 Å². The molecule has 1 aromatic carbocycles. The summed E-state index contributed by atoms with van der Waals surface area (Å²) in [5, 5.41) is 9.45. The van der Waals surface area contributed by atoms with Crippen LogP contribution in [0.2, 0.25) is 0 Å². The quantitative estimate of drug-likeness (QED) is 0.864. The van der Waals surface area contributed by atoms with Crippen LogP contribution in [0.1, 0.15) is 31.9 Å². The Morgan fingerprint density at radius 2 is 2.06 bits per heavy atom. The fourth-order valence-corrected chi connectivity index (χ4v) is 2.59. The Bertz CT molecular complexity index is 385. The van der Waals surface area contributed by atoms with E-state index in [0.29, 0.717) is 5.92 Å². The number of benzene rings is 1. The van der Waals surface area contributed by atoms with Crippen LogP contribution in [-0.2, 0) is 12.8 Å². The number of fused-ring (bicyclic) bond motifs is 1. The van der Waals surface area contributed by atoms with Crippen LogP contribution in [0.5, 0.6) is 0 Å². The Morgan fingerprint density at radius 3 is 2.71 bits per heavy atom. The maximum absolute atomic E-state index is 9.45. The van der Waals surface area contributed by atoms with Gasteiger partial charge in [-0.25, -0.2) is 0 Å². The third kappa shape index (κ3) is 3.01. The van der Waals surface area contributed by atoms with Crippen LogP contribution in [0, 0.1) is 5.92 Å². The standard InChI is InChI=1S/C15H23NO/c1-11(2)10-16-7-6-14-5-4-13(8-12(3)17)9-15(14)16/h4-5,9,11-12,17H,6-8,10H2,1-3H3. The minimum Gasteiger partial charge on any atom is -0.393 e. The third-order valence-corrected chi connectivity index (χ3v) is 3.26. The van der Waals surface area contributed by atoms with E-state index < -0.39 is 0 Å². The van der Waals surface area contributed by atoms with Crippen molar-refractivity contribution in [2.75, 3.05) is 18.0 Å². The molecule has 0 saturated carbocycles. The Hall–Kier alpha value is -1.02. The van der Waals surface area contributed by atoms with Crippen LogP contribution >= 0.6 is 0 Å². The monoisotopic (exact) mass is 233 g/mol. The van der Waals surface area contributed by atoms with E-state index in [1.165, 1.54) is 16.8 Å². The average Bonchev–Trinajstić information content (AvgIpc) is 2.59. The van der Waals surface area contributed by atoms with Crippen molar-refractivity contribution in [1.29, 1.82) is 0 Å². The number of aliphatic hydroxyl groups is 1. The lowest BCUT2D eigenvalue weighted by atomic mass is 10.0. The van der Waals surface area contributed by atoms with Gasteiger partial charge in [-0.05, 0) is 42.9 Å². The first-order valence-electron chi connectivity index (χ1n) is 6.61. The van der Waals surface area contributed by atoms with E-state index in [2.05, 4.69) is 36.9 Å². The van der Waals surface area contributed by atoms with Crippen molar-refractivity contribution in [2.24, 2.45) is 5.92 Å². The average molecular weight is 233 g/mol. The molecule has 0 aromatic heterocycles. The van der Waals surface area contributed by atoms with Gasteiger partial charge in [-0.1, -0.05) is 26.0 Å². The summed E-state index contributed by atoms with van der Waals surface area (Å²) in [6.45, 7) is 8.64. The van der Waals surface area contributed by atoms with Gasteiger partial charge in [-0.2, -0.15) is 0 Å². The molecule has 0 aliphatic carbocycles. The van der Waals surface area contributed by atoms with Crippen molar-refractivity contribution < 1.29 is 5.11 Å². The summed E-state index contributed by atoms with van der Waals surface area (Å²) < 4.78 is 0. The lowest BCUT2D eigenvalue weighted by molar-refractivity contribution is 0.195. The fraction of sp³-hybridized carbons (Fsp3) is 0.600. The number of rotatable bonds is 4. The van der Waals surface area contributed by atoms with E-state index in [4.69, 9.17) is 0 Å². The molecule has 1 aromatic rings. The second kappa shape index (κ2) is 5.09. The SMILES string of the molecule is CC(C)CN1CCc2ccc(CC(C)O)cc21. The molecule has 2 nitrogen and oxygen atoms in total. The Labute approximate surface area is 104 Å². The first-order valence-corrected chi connectivity index (χ1v) is 6.61. The van der Waals surface area contributed by atoms with Gasteiger partial charge in [0.25, 0.3) is 0 Å². The van der Waals surface area contributed by atoms with Crippen molar-refractivity contribution in [3.63, 3.8) is 0 Å². The van der Waals surface area contributed by atoms with Crippen molar-refractivity contribution in [2.45, 2.75) is 39.7 Å². The highest BCUT2D eigenvalue weighted by Gasteiger charge is 2.19. The Morgan fingerprint density at radius 1 is 1.29 bits per heavy atom. The van der Waals surface area contributed by atoms with Crippen LogP contribution < -0.4 is 4.90 Å². The summed E-state index contributed by atoms with van der Waals surface area (Å²) in [6, 6.07) is 6.65. The zero-order chi connectivity index (χ0) is 12.4. The zero-order valence-corrected chi connectivity index (χ0v) is 11.1. The first-order chi connectivity index (χ1) is 8.06. The summed E-state index contributed by atoms with van der Waals surface area (Å²) in [4.78, 5) is 2.48. The molecule has 0 spiro atoms. The topological polar surface area (TPSA) is 23.5 Å². The molecule has 2 rings (SSSR count). The molecule has 1 unspecified atom stereocenters. The lowest BCUT2D eigenvalue weighted by Gasteiger charge is -2.22. The predicted molar refractivity (Wildman–Crippen MR) is 72.6 cm³/mol. The maximum atomic E-state index is 9.45. The van der Waals surface area contributed by atoms with E-state index in [-0.39, 0.29) is 6.10 Å². The van der Waals surface area contributed by atoms with Crippen LogP contribution in [-0.4, -0.2) is 24.3 Å². The molecule has 0 fully saturated rings. The largest absolute Gasteiger partial charge is 0.393 e. The van der Waals surface area contributed by atoms with Gasteiger partial charge < -0.3 is 10.0 Å². The molecule has 0 amide bonds. The van der Waals surface area contributed by atoms with Crippen molar-refractivity contribution in [3.8, 4) is 0 Å². The molecule has 1 heterocycles. The highest BCUT2D eigenvalue weighted by Crippen LogP contribution is 2.30. The minimum atomic E-state index is -0.256. The molecule has 1 N–H and O–H groups in total. The molecule has 17 heavy (non-hydrogen) atoms. The summed E-state index contributed by atoms with van der Waals surface area (Å²) >= 11 is 0. The molecule has 2 heteroatoms. The van der Waals surface area contributed by atoms with Gasteiger partial charge in [0.2, 0.25) is 0 Å². The van der Waals surface area contributed by atoms with E-state index in [0.717, 1.165) is 25.9 Å². The molecule has 1 atom stereocenters. The second-order valence-electron chi connectivity index (χ2n) is 5.61. The fourth-order valence-electron chi connectivity index (χ4n) is 2.59. The van der Waals surface area contributed by atoms with Gasteiger partial charge in [-0.3, -0.25) is 0 Å². The van der Waals surface area contributed by atoms with Gasteiger partial charge in [0, 0.05) is 18.8 Å². The smallest absolute Gasteiger partial charge is 0.0552 e. The second-order valence-corrected chi connectivity index (χ2v) is 5.61. The normalized spacial score (nSPS) is 16.4.